The number of alkyl halides is 3. The quantitative estimate of drug-likeness (QED) is 0.763. The van der Waals surface area contributed by atoms with E-state index in [9.17, 15) is 18.0 Å². The van der Waals surface area contributed by atoms with Crippen molar-refractivity contribution >= 4 is 23.5 Å². The largest absolute Gasteiger partial charge is 0.417 e. The minimum Gasteiger partial charge on any atom is -0.267 e. The van der Waals surface area contributed by atoms with Crippen LogP contribution in [0.4, 0.5) is 13.2 Å². The lowest BCUT2D eigenvalue weighted by molar-refractivity contribution is -0.137. The van der Waals surface area contributed by atoms with E-state index in [0.717, 1.165) is 22.1 Å². The number of nitrogens with zero attached hydrogens (tertiary/aromatic N) is 2. The molecule has 2 aromatic rings. The smallest absolute Gasteiger partial charge is 0.267 e. The molecule has 0 bridgehead atoms. The van der Waals surface area contributed by atoms with Gasteiger partial charge in [-0.25, -0.2) is 0 Å². The van der Waals surface area contributed by atoms with Crippen molar-refractivity contribution < 1.29 is 13.2 Å². The summed E-state index contributed by atoms with van der Waals surface area (Å²) in [5, 5.41) is 3.57. The summed E-state index contributed by atoms with van der Waals surface area (Å²) in [5.74, 6) is 0.170. The Morgan fingerprint density at radius 3 is 2.42 bits per heavy atom. The van der Waals surface area contributed by atoms with Gasteiger partial charge in [-0.05, 0) is 46.7 Å². The van der Waals surface area contributed by atoms with Crippen LogP contribution in [0.3, 0.4) is 0 Å². The molecule has 0 N–H and O–H groups in total. The zero-order valence-corrected chi connectivity index (χ0v) is 14.9. The molecule has 0 radical (unpaired) electrons. The third-order valence-electron chi connectivity index (χ3n) is 3.33. The Hall–Kier alpha value is -1.47. The van der Waals surface area contributed by atoms with Crippen LogP contribution in [0, 0.1) is 0 Å². The maximum Gasteiger partial charge on any atom is 0.417 e. The van der Waals surface area contributed by atoms with Crippen LogP contribution < -0.4 is 5.56 Å². The van der Waals surface area contributed by atoms with Gasteiger partial charge >= 0.3 is 6.18 Å². The van der Waals surface area contributed by atoms with Crippen LogP contribution in [0.2, 0.25) is 5.02 Å². The maximum atomic E-state index is 13.1. The van der Waals surface area contributed by atoms with Crippen LogP contribution in [0.1, 0.15) is 37.5 Å². The minimum absolute atomic E-state index is 0.170. The highest BCUT2D eigenvalue weighted by Gasteiger charge is 2.35. The van der Waals surface area contributed by atoms with Crippen molar-refractivity contribution in [1.29, 1.82) is 0 Å². The van der Waals surface area contributed by atoms with Crippen molar-refractivity contribution in [2.24, 2.45) is 0 Å². The Kier molecular flexibility index (Phi) is 5.34. The van der Waals surface area contributed by atoms with Crippen molar-refractivity contribution in [3.8, 4) is 0 Å². The predicted molar refractivity (Wildman–Crippen MR) is 90.3 cm³/mol. The summed E-state index contributed by atoms with van der Waals surface area (Å²) >= 11 is 6.88. The summed E-state index contributed by atoms with van der Waals surface area (Å²) in [4.78, 5) is 11.7. The molecule has 8 heteroatoms. The lowest BCUT2D eigenvalue weighted by Crippen LogP contribution is -2.18. The second-order valence-corrected chi connectivity index (χ2v) is 7.55. The molecule has 0 aliphatic rings. The molecule has 0 aliphatic heterocycles. The lowest BCUT2D eigenvalue weighted by atomic mass is 9.83. The van der Waals surface area contributed by atoms with Crippen molar-refractivity contribution in [3.05, 3.63) is 62.5 Å². The van der Waals surface area contributed by atoms with E-state index in [-0.39, 0.29) is 16.3 Å². The van der Waals surface area contributed by atoms with E-state index in [4.69, 9.17) is 11.6 Å². The first-order valence-corrected chi connectivity index (χ1v) is 8.40. The molecule has 1 heterocycles. The number of halogens is 4. The molecule has 0 amide bonds. The first kappa shape index (κ1) is 18.9. The van der Waals surface area contributed by atoms with E-state index in [1.165, 1.54) is 24.4 Å². The monoisotopic (exact) mass is 376 g/mol. The highest BCUT2D eigenvalue weighted by atomic mass is 35.5. The van der Waals surface area contributed by atoms with Gasteiger partial charge in [0.05, 0.1) is 10.6 Å². The lowest BCUT2D eigenvalue weighted by Gasteiger charge is -2.25. The van der Waals surface area contributed by atoms with Crippen molar-refractivity contribution in [1.82, 2.24) is 9.19 Å². The molecule has 3 nitrogen and oxygen atoms in total. The summed E-state index contributed by atoms with van der Waals surface area (Å²) in [6, 6.07) is 5.27. The average molecular weight is 377 g/mol. The van der Waals surface area contributed by atoms with Gasteiger partial charge < -0.3 is 0 Å². The van der Waals surface area contributed by atoms with Crippen molar-refractivity contribution in [2.45, 2.75) is 38.1 Å². The summed E-state index contributed by atoms with van der Waals surface area (Å²) in [6.07, 6.45) is -3.09. The van der Waals surface area contributed by atoms with Gasteiger partial charge in [-0.2, -0.15) is 22.4 Å². The standard InChI is InChI=1S/C16H16ClF3N2OS/c1-15(2,3)11-8-13(17)12(16(18,19)20)7-10(11)9-24-22-14(23)5-4-6-21-22/h4-8H,9H2,1-3H3. The fourth-order valence-corrected chi connectivity index (χ4v) is 3.31. The molecular formula is C16H16ClF3N2OS. The third-order valence-corrected chi connectivity index (χ3v) is 4.61. The van der Waals surface area contributed by atoms with Crippen molar-refractivity contribution in [2.75, 3.05) is 0 Å². The van der Waals surface area contributed by atoms with Crippen LogP contribution in [-0.4, -0.2) is 9.19 Å². The number of hydrogen-bond donors (Lipinski definition) is 0. The molecule has 1 aromatic carbocycles. The first-order valence-electron chi connectivity index (χ1n) is 7.08. The van der Waals surface area contributed by atoms with Gasteiger partial charge in [-0.1, -0.05) is 32.4 Å². The van der Waals surface area contributed by atoms with E-state index in [1.807, 2.05) is 20.8 Å². The van der Waals surface area contributed by atoms with E-state index in [1.54, 1.807) is 0 Å². The van der Waals surface area contributed by atoms with Gasteiger partial charge in [0, 0.05) is 18.0 Å². The molecule has 0 saturated heterocycles. The molecule has 0 spiro atoms. The van der Waals surface area contributed by atoms with Gasteiger partial charge in [0.15, 0.2) is 0 Å². The average Bonchev–Trinajstić information content (AvgIpc) is 2.45. The Balaban J connectivity index is 2.46. The van der Waals surface area contributed by atoms with Gasteiger partial charge in [-0.3, -0.25) is 4.79 Å². The van der Waals surface area contributed by atoms with Gasteiger partial charge in [-0.15, -0.1) is 0 Å². The number of aromatic nitrogens is 2. The molecule has 0 aliphatic carbocycles. The maximum absolute atomic E-state index is 13.1. The molecule has 0 fully saturated rings. The molecule has 24 heavy (non-hydrogen) atoms. The predicted octanol–water partition coefficient (Wildman–Crippen LogP) is 4.91. The second kappa shape index (κ2) is 6.80. The highest BCUT2D eigenvalue weighted by Crippen LogP contribution is 2.39. The van der Waals surface area contributed by atoms with E-state index in [0.29, 0.717) is 11.1 Å². The normalized spacial score (nSPS) is 12.5. The van der Waals surface area contributed by atoms with Gasteiger partial charge in [0.1, 0.15) is 0 Å². The van der Waals surface area contributed by atoms with Crippen LogP contribution in [0.15, 0.2) is 35.3 Å². The van der Waals surface area contributed by atoms with Crippen LogP contribution in [0.5, 0.6) is 0 Å². The molecule has 1 aromatic heterocycles. The van der Waals surface area contributed by atoms with Gasteiger partial charge in [0.2, 0.25) is 0 Å². The Morgan fingerprint density at radius 2 is 1.88 bits per heavy atom. The third kappa shape index (κ3) is 4.33. The van der Waals surface area contributed by atoms with E-state index < -0.39 is 17.2 Å². The molecule has 0 unspecified atom stereocenters. The van der Waals surface area contributed by atoms with Crippen LogP contribution in [-0.2, 0) is 17.3 Å². The molecular weight excluding hydrogens is 361 g/mol. The molecule has 0 saturated carbocycles. The Morgan fingerprint density at radius 1 is 1.21 bits per heavy atom. The zero-order valence-electron chi connectivity index (χ0n) is 13.3. The topological polar surface area (TPSA) is 34.9 Å². The number of hydrogen-bond acceptors (Lipinski definition) is 3. The highest BCUT2D eigenvalue weighted by molar-refractivity contribution is 7.96. The summed E-state index contributed by atoms with van der Waals surface area (Å²) < 4.78 is 40.5. The Labute approximate surface area is 147 Å². The SMILES string of the molecule is CC(C)(C)c1cc(Cl)c(C(F)(F)F)cc1CSn1ncccc1=O. The summed E-state index contributed by atoms with van der Waals surface area (Å²) in [5.41, 5.74) is -0.414. The second-order valence-electron chi connectivity index (χ2n) is 6.25. The molecule has 2 rings (SSSR count). The molecule has 0 atom stereocenters. The summed E-state index contributed by atoms with van der Waals surface area (Å²) in [7, 11) is 0. The van der Waals surface area contributed by atoms with Gasteiger partial charge in [0.25, 0.3) is 5.56 Å². The fourth-order valence-electron chi connectivity index (χ4n) is 2.23. The first-order chi connectivity index (χ1) is 11.0. The minimum atomic E-state index is -4.53. The number of rotatable bonds is 3. The Bertz CT molecular complexity index is 797. The number of benzene rings is 1. The summed E-state index contributed by atoms with van der Waals surface area (Å²) in [6.45, 7) is 5.69. The zero-order chi connectivity index (χ0) is 18.1. The van der Waals surface area contributed by atoms with E-state index in [2.05, 4.69) is 5.10 Å². The van der Waals surface area contributed by atoms with Crippen LogP contribution >= 0.6 is 23.5 Å². The van der Waals surface area contributed by atoms with Crippen LogP contribution in [0.25, 0.3) is 0 Å². The van der Waals surface area contributed by atoms with Crippen molar-refractivity contribution in [3.63, 3.8) is 0 Å². The molecule has 130 valence electrons. The van der Waals surface area contributed by atoms with E-state index >= 15 is 0 Å². The fraction of sp³-hybridized carbons (Fsp3) is 0.375.